The number of anilines is 2. The summed E-state index contributed by atoms with van der Waals surface area (Å²) < 4.78 is 26.0. The van der Waals surface area contributed by atoms with E-state index in [2.05, 4.69) is 24.4 Å². The van der Waals surface area contributed by atoms with E-state index in [1.165, 1.54) is 25.7 Å². The van der Waals surface area contributed by atoms with Crippen LogP contribution in [0.2, 0.25) is 0 Å². The van der Waals surface area contributed by atoms with Crippen molar-refractivity contribution < 1.29 is 13.2 Å². The molecule has 0 fully saturated rings. The number of hydrogen-bond donors (Lipinski definition) is 1. The lowest BCUT2D eigenvalue weighted by Crippen LogP contribution is -2.23. The quantitative estimate of drug-likeness (QED) is 0.735. The van der Waals surface area contributed by atoms with E-state index < -0.39 is 10.0 Å². The molecule has 0 saturated heterocycles. The Morgan fingerprint density at radius 1 is 0.964 bits per heavy atom. The molecule has 0 bridgehead atoms. The largest absolute Gasteiger partial charge is 0.376 e. The molecule has 0 heterocycles. The van der Waals surface area contributed by atoms with Crippen LogP contribution in [-0.4, -0.2) is 46.8 Å². The van der Waals surface area contributed by atoms with Crippen LogP contribution in [0.25, 0.3) is 0 Å². The minimum absolute atomic E-state index is 0.147. The highest BCUT2D eigenvalue weighted by molar-refractivity contribution is 7.89. The molecule has 0 aliphatic rings. The third kappa shape index (κ3) is 5.33. The molecule has 0 radical (unpaired) electrons. The van der Waals surface area contributed by atoms with Gasteiger partial charge >= 0.3 is 0 Å². The maximum absolute atomic E-state index is 12.5. The van der Waals surface area contributed by atoms with Crippen LogP contribution in [0, 0.1) is 0 Å². The normalized spacial score (nSPS) is 11.5. The summed E-state index contributed by atoms with van der Waals surface area (Å²) in [5.74, 6) is -0.151. The molecule has 0 aliphatic heterocycles. The predicted molar refractivity (Wildman–Crippen MR) is 114 cm³/mol. The third-order valence-electron chi connectivity index (χ3n) is 4.57. The van der Waals surface area contributed by atoms with Gasteiger partial charge in [-0.25, -0.2) is 12.7 Å². The first-order chi connectivity index (χ1) is 13.1. The first-order valence-corrected chi connectivity index (χ1v) is 10.7. The molecule has 7 heteroatoms. The molecule has 1 N–H and O–H groups in total. The Morgan fingerprint density at radius 2 is 1.57 bits per heavy atom. The average molecular weight is 404 g/mol. The molecule has 6 nitrogen and oxygen atoms in total. The summed E-state index contributed by atoms with van der Waals surface area (Å²) in [4.78, 5) is 14.5. The Kier molecular flexibility index (Phi) is 7.21. The van der Waals surface area contributed by atoms with Gasteiger partial charge in [-0.1, -0.05) is 31.2 Å². The third-order valence-corrected chi connectivity index (χ3v) is 6.39. The van der Waals surface area contributed by atoms with Gasteiger partial charge in [-0.3, -0.25) is 4.79 Å². The Bertz CT molecular complexity index is 920. The Hall–Kier alpha value is -2.38. The summed E-state index contributed by atoms with van der Waals surface area (Å²) in [6, 6.07) is 13.0. The Morgan fingerprint density at radius 3 is 2.11 bits per heavy atom. The average Bonchev–Trinajstić information content (AvgIpc) is 2.66. The van der Waals surface area contributed by atoms with E-state index in [-0.39, 0.29) is 10.8 Å². The van der Waals surface area contributed by atoms with E-state index in [0.29, 0.717) is 18.5 Å². The van der Waals surface area contributed by atoms with Gasteiger partial charge in [-0.15, -0.1) is 0 Å². The number of carbonyl (C=O) groups is 1. The van der Waals surface area contributed by atoms with Crippen molar-refractivity contribution in [3.8, 4) is 0 Å². The summed E-state index contributed by atoms with van der Waals surface area (Å²) in [5.41, 5.74) is 3.60. The molecule has 0 atom stereocenters. The summed E-state index contributed by atoms with van der Waals surface area (Å²) in [5, 5.41) is 2.87. The molecule has 0 spiro atoms. The van der Waals surface area contributed by atoms with Crippen LogP contribution in [0.1, 0.15) is 24.5 Å². The van der Waals surface area contributed by atoms with Crippen molar-refractivity contribution in [2.75, 3.05) is 38.4 Å². The minimum atomic E-state index is -3.58. The van der Waals surface area contributed by atoms with E-state index in [1.807, 2.05) is 31.1 Å². The fraction of sp³-hybridized carbons (Fsp3) is 0.381. The van der Waals surface area contributed by atoms with Gasteiger partial charge in [-0.2, -0.15) is 0 Å². The second-order valence-corrected chi connectivity index (χ2v) is 9.23. The van der Waals surface area contributed by atoms with Gasteiger partial charge in [0.1, 0.15) is 0 Å². The number of nitrogens with one attached hydrogen (secondary N) is 1. The SMILES string of the molecule is CCc1ccc(CCC(=O)Nc2cc(S(=O)(=O)N(C)C)ccc2N(C)C)cc1. The molecule has 152 valence electrons. The molecular weight excluding hydrogens is 374 g/mol. The van der Waals surface area contributed by atoms with Crippen LogP contribution in [0.3, 0.4) is 0 Å². The zero-order chi connectivity index (χ0) is 20.9. The second-order valence-electron chi connectivity index (χ2n) is 7.08. The Balaban J connectivity index is 2.16. The fourth-order valence-electron chi connectivity index (χ4n) is 2.79. The number of carbonyl (C=O) groups excluding carboxylic acids is 1. The lowest BCUT2D eigenvalue weighted by atomic mass is 10.1. The van der Waals surface area contributed by atoms with Gasteiger partial charge in [-0.05, 0) is 42.2 Å². The van der Waals surface area contributed by atoms with Crippen LogP contribution in [-0.2, 0) is 27.7 Å². The van der Waals surface area contributed by atoms with Crippen molar-refractivity contribution in [3.05, 3.63) is 53.6 Å². The number of benzene rings is 2. The molecule has 28 heavy (non-hydrogen) atoms. The van der Waals surface area contributed by atoms with Crippen molar-refractivity contribution in [3.63, 3.8) is 0 Å². The number of sulfonamides is 1. The topological polar surface area (TPSA) is 69.7 Å². The van der Waals surface area contributed by atoms with Crippen molar-refractivity contribution >= 4 is 27.3 Å². The van der Waals surface area contributed by atoms with Crippen molar-refractivity contribution in [2.24, 2.45) is 0 Å². The van der Waals surface area contributed by atoms with Gasteiger partial charge in [0.25, 0.3) is 0 Å². The van der Waals surface area contributed by atoms with Crippen LogP contribution in [0.15, 0.2) is 47.4 Å². The maximum atomic E-state index is 12.5. The van der Waals surface area contributed by atoms with Crippen molar-refractivity contribution in [1.29, 1.82) is 0 Å². The van der Waals surface area contributed by atoms with Crippen molar-refractivity contribution in [2.45, 2.75) is 31.1 Å². The molecule has 2 aromatic carbocycles. The molecule has 0 aliphatic carbocycles. The number of aryl methyl sites for hydroxylation is 2. The molecule has 2 aromatic rings. The van der Waals surface area contributed by atoms with Crippen LogP contribution in [0.5, 0.6) is 0 Å². The standard InChI is InChI=1S/C21H29N3O3S/c1-6-16-7-9-17(10-8-16)11-14-21(25)22-19-15-18(28(26,27)24(4)5)12-13-20(19)23(2)3/h7-10,12-13,15H,6,11,14H2,1-5H3,(H,22,25). The van der Waals surface area contributed by atoms with Gasteiger partial charge in [0, 0.05) is 34.6 Å². The Labute approximate surface area is 168 Å². The van der Waals surface area contributed by atoms with E-state index in [9.17, 15) is 13.2 Å². The zero-order valence-corrected chi connectivity index (χ0v) is 18.0. The first kappa shape index (κ1) is 21.9. The predicted octanol–water partition coefficient (Wildman–Crippen LogP) is 3.14. The molecule has 2 rings (SSSR count). The fourth-order valence-corrected chi connectivity index (χ4v) is 3.72. The van der Waals surface area contributed by atoms with E-state index in [0.717, 1.165) is 22.0 Å². The van der Waals surface area contributed by atoms with Crippen molar-refractivity contribution in [1.82, 2.24) is 4.31 Å². The second kappa shape index (κ2) is 9.21. The smallest absolute Gasteiger partial charge is 0.242 e. The number of rotatable bonds is 8. The molecule has 1 amide bonds. The lowest BCUT2D eigenvalue weighted by molar-refractivity contribution is -0.116. The van der Waals surface area contributed by atoms with E-state index in [4.69, 9.17) is 0 Å². The molecular formula is C21H29N3O3S. The van der Waals surface area contributed by atoms with Crippen LogP contribution < -0.4 is 10.2 Å². The first-order valence-electron chi connectivity index (χ1n) is 9.26. The summed E-state index contributed by atoms with van der Waals surface area (Å²) in [6.45, 7) is 2.11. The molecule has 0 unspecified atom stereocenters. The zero-order valence-electron chi connectivity index (χ0n) is 17.2. The van der Waals surface area contributed by atoms with Gasteiger partial charge in [0.05, 0.1) is 16.3 Å². The molecule has 0 saturated carbocycles. The van der Waals surface area contributed by atoms with Crippen LogP contribution in [0.4, 0.5) is 11.4 Å². The summed E-state index contributed by atoms with van der Waals surface area (Å²) in [6.07, 6.45) is 1.94. The highest BCUT2D eigenvalue weighted by Gasteiger charge is 2.20. The lowest BCUT2D eigenvalue weighted by Gasteiger charge is -2.20. The van der Waals surface area contributed by atoms with Gasteiger partial charge in [0.2, 0.25) is 15.9 Å². The summed E-state index contributed by atoms with van der Waals surface area (Å²) >= 11 is 0. The van der Waals surface area contributed by atoms with Gasteiger partial charge in [0.15, 0.2) is 0 Å². The van der Waals surface area contributed by atoms with Crippen LogP contribution >= 0.6 is 0 Å². The molecule has 0 aromatic heterocycles. The van der Waals surface area contributed by atoms with E-state index >= 15 is 0 Å². The summed E-state index contributed by atoms with van der Waals surface area (Å²) in [7, 11) is 3.09. The number of hydrogen-bond acceptors (Lipinski definition) is 4. The maximum Gasteiger partial charge on any atom is 0.242 e. The highest BCUT2D eigenvalue weighted by Crippen LogP contribution is 2.28. The van der Waals surface area contributed by atoms with E-state index in [1.54, 1.807) is 12.1 Å². The van der Waals surface area contributed by atoms with Gasteiger partial charge < -0.3 is 10.2 Å². The monoisotopic (exact) mass is 403 g/mol. The highest BCUT2D eigenvalue weighted by atomic mass is 32.2. The minimum Gasteiger partial charge on any atom is -0.376 e. The number of amides is 1. The number of nitrogens with zero attached hydrogens (tertiary/aromatic N) is 2.